The van der Waals surface area contributed by atoms with Crippen molar-refractivity contribution in [1.29, 1.82) is 0 Å². The second-order valence-corrected chi connectivity index (χ2v) is 6.72. The molecule has 0 saturated heterocycles. The van der Waals surface area contributed by atoms with Crippen molar-refractivity contribution >= 4 is 33.9 Å². The fourth-order valence-electron chi connectivity index (χ4n) is 3.23. The van der Waals surface area contributed by atoms with Crippen molar-refractivity contribution in [2.45, 2.75) is 13.5 Å². The van der Waals surface area contributed by atoms with Crippen molar-refractivity contribution in [3.8, 4) is 5.75 Å². The molecule has 4 rings (SSSR count). The van der Waals surface area contributed by atoms with E-state index < -0.39 is 11.6 Å². The maximum Gasteiger partial charge on any atom is 0.350 e. The van der Waals surface area contributed by atoms with Crippen molar-refractivity contribution < 1.29 is 13.9 Å². The first kappa shape index (κ1) is 17.8. The van der Waals surface area contributed by atoms with E-state index in [1.807, 2.05) is 41.0 Å². The molecular formula is C21H19N3O4. The molecule has 0 bridgehead atoms. The lowest BCUT2D eigenvalue weighted by Gasteiger charge is -2.10. The highest BCUT2D eigenvalue weighted by Crippen LogP contribution is 2.31. The van der Waals surface area contributed by atoms with Gasteiger partial charge in [0.1, 0.15) is 11.1 Å². The lowest BCUT2D eigenvalue weighted by Crippen LogP contribution is -2.15. The highest BCUT2D eigenvalue weighted by molar-refractivity contribution is 6.07. The molecule has 0 atom stereocenters. The molecule has 0 amide bonds. The fourth-order valence-corrected chi connectivity index (χ4v) is 3.23. The summed E-state index contributed by atoms with van der Waals surface area (Å²) in [6.45, 7) is 1.87. The van der Waals surface area contributed by atoms with Crippen molar-refractivity contribution in [1.82, 2.24) is 9.55 Å². The quantitative estimate of drug-likeness (QED) is 0.402. The second-order valence-electron chi connectivity index (χ2n) is 6.72. The van der Waals surface area contributed by atoms with Gasteiger partial charge >= 0.3 is 17.6 Å². The standard InChI is InChI=1S/C21H19N3O4/c1-13(25)27-15-9-10-17-16(11-15)18-19(22-21(23(2)3)28-20(18)26)24(17)12-14-7-5-4-6-8-14/h4-11H,12H2,1-3H3. The largest absolute Gasteiger partial charge is 0.427 e. The number of hydrogen-bond donors (Lipinski definition) is 0. The molecule has 0 saturated carbocycles. The van der Waals surface area contributed by atoms with Crippen LogP contribution in [0.25, 0.3) is 21.9 Å². The fraction of sp³-hybridized carbons (Fsp3) is 0.190. The van der Waals surface area contributed by atoms with Crippen molar-refractivity contribution in [3.05, 3.63) is 64.5 Å². The van der Waals surface area contributed by atoms with Crippen LogP contribution >= 0.6 is 0 Å². The van der Waals surface area contributed by atoms with Gasteiger partial charge in [-0.3, -0.25) is 4.79 Å². The molecule has 2 heterocycles. The predicted octanol–water partition coefficient (Wildman–Crippen LogP) is 3.18. The van der Waals surface area contributed by atoms with E-state index in [9.17, 15) is 9.59 Å². The monoisotopic (exact) mass is 377 g/mol. The van der Waals surface area contributed by atoms with E-state index in [-0.39, 0.29) is 6.01 Å². The average Bonchev–Trinajstić information content (AvgIpc) is 2.95. The number of benzene rings is 2. The molecule has 0 radical (unpaired) electrons. The van der Waals surface area contributed by atoms with Crippen molar-refractivity contribution in [3.63, 3.8) is 0 Å². The van der Waals surface area contributed by atoms with Crippen LogP contribution in [-0.2, 0) is 11.3 Å². The van der Waals surface area contributed by atoms with Gasteiger partial charge in [0.05, 0.1) is 5.52 Å². The molecule has 142 valence electrons. The van der Waals surface area contributed by atoms with Crippen LogP contribution < -0.4 is 15.3 Å². The van der Waals surface area contributed by atoms with Gasteiger partial charge in [-0.1, -0.05) is 30.3 Å². The first-order valence-electron chi connectivity index (χ1n) is 8.81. The Balaban J connectivity index is 2.03. The first-order chi connectivity index (χ1) is 13.4. The van der Waals surface area contributed by atoms with Crippen molar-refractivity contribution in [2.24, 2.45) is 0 Å². The molecular weight excluding hydrogens is 358 g/mol. The van der Waals surface area contributed by atoms with Crippen LogP contribution in [0.2, 0.25) is 0 Å². The van der Waals surface area contributed by atoms with Gasteiger partial charge in [0, 0.05) is 33.0 Å². The molecule has 7 heteroatoms. The second kappa shape index (κ2) is 6.84. The number of carbonyl (C=O) groups is 1. The van der Waals surface area contributed by atoms with E-state index in [1.54, 1.807) is 31.1 Å². The Morgan fingerprint density at radius 3 is 2.61 bits per heavy atom. The maximum absolute atomic E-state index is 12.8. The van der Waals surface area contributed by atoms with E-state index >= 15 is 0 Å². The Morgan fingerprint density at radius 2 is 1.93 bits per heavy atom. The molecule has 4 aromatic rings. The van der Waals surface area contributed by atoms with E-state index in [0.29, 0.717) is 28.7 Å². The highest BCUT2D eigenvalue weighted by Gasteiger charge is 2.19. The number of aromatic nitrogens is 2. The third kappa shape index (κ3) is 3.11. The SMILES string of the molecule is CC(=O)Oc1ccc2c(c1)c1c(=O)oc(N(C)C)nc1n2Cc1ccccc1. The summed E-state index contributed by atoms with van der Waals surface area (Å²) in [7, 11) is 3.53. The summed E-state index contributed by atoms with van der Waals surface area (Å²) in [4.78, 5) is 30.3. The highest BCUT2D eigenvalue weighted by atomic mass is 16.5. The maximum atomic E-state index is 12.8. The van der Waals surface area contributed by atoms with E-state index in [1.165, 1.54) is 6.92 Å². The molecule has 0 aliphatic rings. The molecule has 28 heavy (non-hydrogen) atoms. The summed E-state index contributed by atoms with van der Waals surface area (Å²) in [5, 5.41) is 1.00. The summed E-state index contributed by atoms with van der Waals surface area (Å²) >= 11 is 0. The zero-order chi connectivity index (χ0) is 19.8. The minimum absolute atomic E-state index is 0.231. The van der Waals surface area contributed by atoms with Crippen LogP contribution in [0.3, 0.4) is 0 Å². The Bertz CT molecular complexity index is 1240. The van der Waals surface area contributed by atoms with E-state index in [4.69, 9.17) is 9.15 Å². The van der Waals surface area contributed by atoms with Gasteiger partial charge in [0.2, 0.25) is 0 Å². The number of esters is 1. The Labute approximate surface area is 160 Å². The number of carbonyl (C=O) groups excluding carboxylic acids is 1. The normalized spacial score (nSPS) is 11.1. The molecule has 0 N–H and O–H groups in total. The van der Waals surface area contributed by atoms with Gasteiger partial charge in [-0.25, -0.2) is 4.79 Å². The van der Waals surface area contributed by atoms with Crippen LogP contribution in [0.15, 0.2) is 57.7 Å². The Kier molecular flexibility index (Phi) is 4.35. The zero-order valence-electron chi connectivity index (χ0n) is 15.8. The smallest absolute Gasteiger partial charge is 0.350 e. The molecule has 0 unspecified atom stereocenters. The molecule has 0 spiro atoms. The van der Waals surface area contributed by atoms with Gasteiger partial charge in [0.25, 0.3) is 0 Å². The summed E-state index contributed by atoms with van der Waals surface area (Å²) in [6, 6.07) is 15.4. The number of nitrogens with zero attached hydrogens (tertiary/aromatic N) is 3. The number of anilines is 1. The number of fused-ring (bicyclic) bond motifs is 3. The van der Waals surface area contributed by atoms with Gasteiger partial charge in [0.15, 0.2) is 5.65 Å². The van der Waals surface area contributed by atoms with Gasteiger partial charge in [-0.15, -0.1) is 0 Å². The Morgan fingerprint density at radius 1 is 1.18 bits per heavy atom. The van der Waals surface area contributed by atoms with Gasteiger partial charge < -0.3 is 18.6 Å². The minimum atomic E-state index is -0.481. The van der Waals surface area contributed by atoms with Crippen LogP contribution in [0.4, 0.5) is 6.01 Å². The summed E-state index contributed by atoms with van der Waals surface area (Å²) in [6.07, 6.45) is 0. The topological polar surface area (TPSA) is 77.6 Å². The molecule has 7 nitrogen and oxygen atoms in total. The third-order valence-electron chi connectivity index (χ3n) is 4.42. The third-order valence-corrected chi connectivity index (χ3v) is 4.42. The molecule has 2 aromatic carbocycles. The molecule has 2 aromatic heterocycles. The van der Waals surface area contributed by atoms with Crippen LogP contribution in [-0.4, -0.2) is 29.6 Å². The predicted molar refractivity (Wildman–Crippen MR) is 107 cm³/mol. The molecule has 0 aliphatic carbocycles. The van der Waals surface area contributed by atoms with E-state index in [0.717, 1.165) is 11.1 Å². The van der Waals surface area contributed by atoms with Gasteiger partial charge in [-0.2, -0.15) is 4.98 Å². The zero-order valence-corrected chi connectivity index (χ0v) is 15.8. The summed E-state index contributed by atoms with van der Waals surface area (Å²) in [5.74, 6) is -0.0534. The lowest BCUT2D eigenvalue weighted by atomic mass is 10.2. The lowest BCUT2D eigenvalue weighted by molar-refractivity contribution is -0.131. The minimum Gasteiger partial charge on any atom is -0.427 e. The summed E-state index contributed by atoms with van der Waals surface area (Å²) in [5.41, 5.74) is 1.93. The Hall–Kier alpha value is -3.61. The molecule has 0 fully saturated rings. The first-order valence-corrected chi connectivity index (χ1v) is 8.81. The van der Waals surface area contributed by atoms with Gasteiger partial charge in [-0.05, 0) is 23.8 Å². The number of rotatable bonds is 4. The van der Waals surface area contributed by atoms with Crippen LogP contribution in [0.1, 0.15) is 12.5 Å². The molecule has 0 aliphatic heterocycles. The summed E-state index contributed by atoms with van der Waals surface area (Å²) < 4.78 is 12.5. The van der Waals surface area contributed by atoms with Crippen LogP contribution in [0, 0.1) is 0 Å². The average molecular weight is 377 g/mol. The number of hydrogen-bond acceptors (Lipinski definition) is 6. The van der Waals surface area contributed by atoms with E-state index in [2.05, 4.69) is 4.98 Å². The number of ether oxygens (including phenoxy) is 1. The van der Waals surface area contributed by atoms with Crippen LogP contribution in [0.5, 0.6) is 5.75 Å². The van der Waals surface area contributed by atoms with Crippen molar-refractivity contribution in [2.75, 3.05) is 19.0 Å².